The van der Waals surface area contributed by atoms with Gasteiger partial charge in [0.2, 0.25) is 0 Å². The van der Waals surface area contributed by atoms with Crippen LogP contribution in [-0.4, -0.2) is 41.4 Å². The van der Waals surface area contributed by atoms with Gasteiger partial charge in [0, 0.05) is 35.3 Å². The summed E-state index contributed by atoms with van der Waals surface area (Å²) in [5.41, 5.74) is -0.0290. The van der Waals surface area contributed by atoms with Crippen molar-refractivity contribution in [1.29, 1.82) is 0 Å². The van der Waals surface area contributed by atoms with Crippen molar-refractivity contribution in [2.24, 2.45) is 11.8 Å². The van der Waals surface area contributed by atoms with Crippen LogP contribution < -0.4 is 0 Å². The normalized spacial score (nSPS) is 20.2. The van der Waals surface area contributed by atoms with E-state index in [1.165, 1.54) is 23.5 Å². The summed E-state index contributed by atoms with van der Waals surface area (Å²) < 4.78 is 5.92. The summed E-state index contributed by atoms with van der Waals surface area (Å²) in [6.45, 7) is 5.31. The quantitative estimate of drug-likeness (QED) is 0.463. The highest BCUT2D eigenvalue weighted by Gasteiger charge is 2.26. The number of likely N-dealkylation sites (tertiary alicyclic amines) is 1. The molecular weight excluding hydrogens is 356 g/mol. The second-order valence-electron chi connectivity index (χ2n) is 6.91. The third-order valence-electron chi connectivity index (χ3n) is 4.46. The number of carbonyl (C=O) groups excluding carboxylic acids is 2. The molecule has 8 heteroatoms. The van der Waals surface area contributed by atoms with Crippen LogP contribution in [0.15, 0.2) is 24.3 Å². The molecule has 7 nitrogen and oxygen atoms in total. The lowest BCUT2D eigenvalue weighted by molar-refractivity contribution is -0.384. The summed E-state index contributed by atoms with van der Waals surface area (Å²) in [6, 6.07) is 5.99. The highest BCUT2D eigenvalue weighted by Crippen LogP contribution is 2.29. The summed E-state index contributed by atoms with van der Waals surface area (Å²) in [5, 5.41) is 11.4. The molecule has 26 heavy (non-hydrogen) atoms. The molecule has 0 spiro atoms. The number of nitro benzene ring substituents is 1. The van der Waals surface area contributed by atoms with Gasteiger partial charge in [0.05, 0.1) is 4.92 Å². The van der Waals surface area contributed by atoms with Gasteiger partial charge >= 0.3 is 5.97 Å². The molecule has 0 saturated carbocycles. The number of hydrogen-bond acceptors (Lipinski definition) is 6. The maximum atomic E-state index is 12.3. The Bertz CT molecular complexity index is 852. The Labute approximate surface area is 154 Å². The zero-order valence-corrected chi connectivity index (χ0v) is 15.5. The van der Waals surface area contributed by atoms with Crippen molar-refractivity contribution in [3.63, 3.8) is 0 Å². The molecule has 1 aromatic heterocycles. The fraction of sp³-hybridized carbons (Fsp3) is 0.444. The van der Waals surface area contributed by atoms with Crippen LogP contribution >= 0.6 is 11.3 Å². The molecule has 2 heterocycles. The first kappa shape index (κ1) is 18.3. The van der Waals surface area contributed by atoms with Gasteiger partial charge in [-0.05, 0) is 30.4 Å². The number of rotatable bonds is 4. The maximum absolute atomic E-state index is 12.3. The molecule has 1 aliphatic heterocycles. The topological polar surface area (TPSA) is 89.8 Å². The number of thiophene rings is 1. The van der Waals surface area contributed by atoms with Gasteiger partial charge in [-0.3, -0.25) is 14.9 Å². The number of carbonyl (C=O) groups is 2. The third-order valence-corrected chi connectivity index (χ3v) is 5.56. The van der Waals surface area contributed by atoms with E-state index in [-0.39, 0.29) is 18.2 Å². The second-order valence-corrected chi connectivity index (χ2v) is 7.99. The Hall–Kier alpha value is -2.48. The predicted octanol–water partition coefficient (Wildman–Crippen LogP) is 3.47. The van der Waals surface area contributed by atoms with Crippen molar-refractivity contribution in [2.45, 2.75) is 20.3 Å². The van der Waals surface area contributed by atoms with Crippen molar-refractivity contribution in [1.82, 2.24) is 4.90 Å². The van der Waals surface area contributed by atoms with Gasteiger partial charge in [-0.25, -0.2) is 4.79 Å². The number of non-ortho nitro benzene ring substituents is 1. The first-order chi connectivity index (χ1) is 12.3. The molecular formula is C18H20N2O5S. The maximum Gasteiger partial charge on any atom is 0.348 e. The summed E-state index contributed by atoms with van der Waals surface area (Å²) in [7, 11) is 0. The molecule has 2 atom stereocenters. The van der Waals surface area contributed by atoms with Gasteiger partial charge in [0.1, 0.15) is 4.88 Å². The zero-order chi connectivity index (χ0) is 18.8. The molecule has 0 aliphatic carbocycles. The second kappa shape index (κ2) is 7.41. The van der Waals surface area contributed by atoms with E-state index in [1.807, 2.05) is 0 Å². The van der Waals surface area contributed by atoms with E-state index in [4.69, 9.17) is 4.74 Å². The molecule has 1 saturated heterocycles. The predicted molar refractivity (Wildman–Crippen MR) is 98.3 cm³/mol. The number of nitro groups is 1. The molecule has 1 amide bonds. The van der Waals surface area contributed by atoms with Crippen LogP contribution in [0.5, 0.6) is 0 Å². The average molecular weight is 376 g/mol. The summed E-state index contributed by atoms with van der Waals surface area (Å²) in [4.78, 5) is 37.0. The van der Waals surface area contributed by atoms with Gasteiger partial charge in [-0.1, -0.05) is 13.8 Å². The molecule has 0 radical (unpaired) electrons. The van der Waals surface area contributed by atoms with Gasteiger partial charge < -0.3 is 9.64 Å². The van der Waals surface area contributed by atoms with Gasteiger partial charge in [0.25, 0.3) is 11.6 Å². The van der Waals surface area contributed by atoms with Crippen LogP contribution in [0.3, 0.4) is 0 Å². The SMILES string of the molecule is C[C@H]1C[C@H](C)CN(C(=O)COC(=O)c2cc3cc([N+](=O)[O-])ccc3s2)C1. The van der Waals surface area contributed by atoms with E-state index >= 15 is 0 Å². The van der Waals surface area contributed by atoms with Crippen molar-refractivity contribution in [3.8, 4) is 0 Å². The van der Waals surface area contributed by atoms with Crippen LogP contribution in [0.2, 0.25) is 0 Å². The molecule has 3 rings (SSSR count). The van der Waals surface area contributed by atoms with E-state index in [1.54, 1.807) is 17.0 Å². The first-order valence-corrected chi connectivity index (χ1v) is 9.28. The molecule has 0 N–H and O–H groups in total. The van der Waals surface area contributed by atoms with Crippen LogP contribution in [0.4, 0.5) is 5.69 Å². The fourth-order valence-corrected chi connectivity index (χ4v) is 4.34. The molecule has 138 valence electrons. The number of hydrogen-bond donors (Lipinski definition) is 0. The van der Waals surface area contributed by atoms with Crippen LogP contribution in [-0.2, 0) is 9.53 Å². The Morgan fingerprint density at radius 3 is 2.62 bits per heavy atom. The Kier molecular flexibility index (Phi) is 5.22. The molecule has 1 fully saturated rings. The standard InChI is InChI=1S/C18H20N2O5S/c1-11-5-12(2)9-19(8-11)17(21)10-25-18(22)16-7-13-6-14(20(23)24)3-4-15(13)26-16/h3-4,6-7,11-12H,5,8-10H2,1-2H3/t11-,12-/m0/s1. The number of ether oxygens (including phenoxy) is 1. The van der Waals surface area contributed by atoms with Gasteiger partial charge in [-0.2, -0.15) is 0 Å². The molecule has 2 aromatic rings. The lowest BCUT2D eigenvalue weighted by Crippen LogP contribution is -2.44. The van der Waals surface area contributed by atoms with Crippen LogP contribution in [0.1, 0.15) is 29.9 Å². The first-order valence-electron chi connectivity index (χ1n) is 8.46. The fourth-order valence-electron chi connectivity index (χ4n) is 3.40. The largest absolute Gasteiger partial charge is 0.451 e. The smallest absolute Gasteiger partial charge is 0.348 e. The number of esters is 1. The van der Waals surface area contributed by atoms with E-state index in [0.717, 1.165) is 11.1 Å². The van der Waals surface area contributed by atoms with E-state index in [2.05, 4.69) is 13.8 Å². The molecule has 0 bridgehead atoms. The average Bonchev–Trinajstić information content (AvgIpc) is 3.01. The number of fused-ring (bicyclic) bond motifs is 1. The summed E-state index contributed by atoms with van der Waals surface area (Å²) in [6.07, 6.45) is 1.09. The summed E-state index contributed by atoms with van der Waals surface area (Å²) >= 11 is 1.19. The lowest BCUT2D eigenvalue weighted by atomic mass is 9.92. The number of nitrogens with zero attached hydrogens (tertiary/aromatic N) is 2. The zero-order valence-electron chi connectivity index (χ0n) is 14.6. The summed E-state index contributed by atoms with van der Waals surface area (Å²) in [5.74, 6) is 0.113. The molecule has 1 aliphatic rings. The van der Waals surface area contributed by atoms with Crippen molar-refractivity contribution >= 4 is 39.0 Å². The van der Waals surface area contributed by atoms with E-state index < -0.39 is 10.9 Å². The van der Waals surface area contributed by atoms with Crippen molar-refractivity contribution in [2.75, 3.05) is 19.7 Å². The third kappa shape index (κ3) is 4.01. The van der Waals surface area contributed by atoms with Crippen LogP contribution in [0, 0.1) is 22.0 Å². The van der Waals surface area contributed by atoms with E-state index in [9.17, 15) is 19.7 Å². The van der Waals surface area contributed by atoms with Crippen LogP contribution in [0.25, 0.3) is 10.1 Å². The minimum atomic E-state index is -0.583. The van der Waals surface area contributed by atoms with Gasteiger partial charge in [-0.15, -0.1) is 11.3 Å². The lowest BCUT2D eigenvalue weighted by Gasteiger charge is -2.34. The number of amides is 1. The van der Waals surface area contributed by atoms with Crippen molar-refractivity contribution < 1.29 is 19.2 Å². The molecule has 1 aromatic carbocycles. The monoisotopic (exact) mass is 376 g/mol. The highest BCUT2D eigenvalue weighted by molar-refractivity contribution is 7.20. The number of piperidine rings is 1. The molecule has 0 unspecified atom stereocenters. The number of benzene rings is 1. The van der Waals surface area contributed by atoms with Gasteiger partial charge in [0.15, 0.2) is 6.61 Å². The Morgan fingerprint density at radius 1 is 1.27 bits per heavy atom. The minimum absolute atomic E-state index is 0.0290. The minimum Gasteiger partial charge on any atom is -0.451 e. The van der Waals surface area contributed by atoms with Crippen molar-refractivity contribution in [3.05, 3.63) is 39.3 Å². The highest BCUT2D eigenvalue weighted by atomic mass is 32.1. The Morgan fingerprint density at radius 2 is 1.96 bits per heavy atom. The van der Waals surface area contributed by atoms with E-state index in [0.29, 0.717) is 35.2 Å². The Balaban J connectivity index is 1.63.